The van der Waals surface area contributed by atoms with Gasteiger partial charge in [0.1, 0.15) is 36.6 Å². The van der Waals surface area contributed by atoms with Crippen LogP contribution in [0.5, 0.6) is 0 Å². The predicted molar refractivity (Wildman–Crippen MR) is 270 cm³/mol. The Kier molecular flexibility index (Phi) is 25.1. The molecule has 0 spiro atoms. The Bertz CT molecular complexity index is 2620. The fourth-order valence-electron chi connectivity index (χ4n) is 15.9. The number of ether oxygens (including phenoxy) is 4. The van der Waals surface area contributed by atoms with Crippen LogP contribution in [0.25, 0.3) is 0 Å². The van der Waals surface area contributed by atoms with E-state index in [4.69, 9.17) is 18.9 Å². The van der Waals surface area contributed by atoms with E-state index in [9.17, 15) is 79.4 Å². The van der Waals surface area contributed by atoms with Crippen LogP contribution in [0.2, 0.25) is 0 Å². The first kappa shape index (κ1) is 77.2. The summed E-state index contributed by atoms with van der Waals surface area (Å²) >= 11 is 0. The summed E-state index contributed by atoms with van der Waals surface area (Å²) in [6.45, 7) is 20.2. The van der Waals surface area contributed by atoms with Crippen molar-refractivity contribution >= 4 is 34.7 Å². The standard InChI is InChI=1S/C28H41NO10.C27H39NO10.4Ac/c1-8-16(30)26(7,29-37)18(32)11-38-15-10-28(36)14(3)22-25(6,17(31)9-19-27(22,35)12-39-19)23(34)21(33)20(13(15)2)24(28,4)5;1-12-15(37-10-14(29)21(32)24(5,6)28-36)9-27(35)13(2)20-25(7,16(30)8-17-26(20,34)11-38-17)22(33)19(31)18(12)23(27,3)4;;;;/h14-15,17,19,21-22,31,33,35-36H,8-12H2,1-7H3;13,15-17,19-20,30-31,34-35H,8-11H2,1-7H3;;;;. The zero-order valence-electron chi connectivity index (χ0n) is 49.0. The number of aliphatic hydroxyl groups excluding tert-OH is 4. The van der Waals surface area contributed by atoms with Gasteiger partial charge in [-0.2, -0.15) is 0 Å². The van der Waals surface area contributed by atoms with Crippen LogP contribution in [0.3, 0.4) is 0 Å². The van der Waals surface area contributed by atoms with E-state index in [1.54, 1.807) is 55.4 Å². The number of hydrogen-bond donors (Lipinski definition) is 8. The molecule has 6 aliphatic carbocycles. The molecule has 0 amide bonds. The van der Waals surface area contributed by atoms with Crippen molar-refractivity contribution in [1.82, 2.24) is 0 Å². The van der Waals surface area contributed by atoms with Crippen molar-refractivity contribution in [1.29, 1.82) is 0 Å². The minimum Gasteiger partial charge on any atom is -0.392 e. The second kappa shape index (κ2) is 26.3. The maximum absolute atomic E-state index is 14.1. The first-order chi connectivity index (χ1) is 35.2. The van der Waals surface area contributed by atoms with Gasteiger partial charge in [-0.3, -0.25) is 28.8 Å². The molecule has 22 nitrogen and oxygen atoms in total. The van der Waals surface area contributed by atoms with Crippen LogP contribution in [0.15, 0.2) is 32.6 Å². The third kappa shape index (κ3) is 11.5. The minimum absolute atomic E-state index is 0. The van der Waals surface area contributed by atoms with Crippen molar-refractivity contribution in [2.75, 3.05) is 26.4 Å². The molecule has 4 saturated carbocycles. The molecule has 8 aliphatic rings. The van der Waals surface area contributed by atoms with Gasteiger partial charge in [-0.25, -0.2) is 0 Å². The normalized spacial score (nSPS) is 42.2. The number of fused-ring (bicyclic) bond motifs is 10. The van der Waals surface area contributed by atoms with Crippen LogP contribution in [0.1, 0.15) is 129 Å². The summed E-state index contributed by atoms with van der Waals surface area (Å²) in [5, 5.41) is 99.3. The molecule has 8 rings (SSSR count). The molecule has 26 heteroatoms. The average molecular weight is 2000 g/mol. The Morgan fingerprint density at radius 1 is 0.617 bits per heavy atom. The molecule has 2 aliphatic heterocycles. The number of ketones is 6. The molecule has 19 atom stereocenters. The number of aliphatic hydroxyl groups is 8. The fraction of sp³-hybridized carbons (Fsp3) is 0.818. The van der Waals surface area contributed by atoms with Gasteiger partial charge in [0.2, 0.25) is 17.1 Å². The smallest absolute Gasteiger partial charge is 0.231 e. The maximum atomic E-state index is 14.1. The van der Waals surface area contributed by atoms with E-state index < -0.39 is 176 Å². The van der Waals surface area contributed by atoms with E-state index >= 15 is 0 Å². The van der Waals surface area contributed by atoms with E-state index in [0.717, 1.165) is 6.92 Å². The van der Waals surface area contributed by atoms with Crippen LogP contribution in [-0.2, 0) is 47.7 Å². The summed E-state index contributed by atoms with van der Waals surface area (Å²) in [5.41, 5.74) is -14.4. The number of rotatable bonds is 13. The van der Waals surface area contributed by atoms with Crippen molar-refractivity contribution in [3.05, 3.63) is 32.1 Å². The van der Waals surface area contributed by atoms with Crippen molar-refractivity contribution in [2.45, 2.75) is 211 Å². The zero-order chi connectivity index (χ0) is 58.3. The average Bonchev–Trinajstić information content (AvgIpc) is 3.36. The van der Waals surface area contributed by atoms with Crippen molar-refractivity contribution in [2.24, 2.45) is 55.7 Å². The van der Waals surface area contributed by atoms with E-state index in [-0.39, 0.29) is 233 Å². The van der Waals surface area contributed by atoms with Gasteiger partial charge in [-0.15, -0.1) is 9.81 Å². The van der Waals surface area contributed by atoms with Gasteiger partial charge in [-0.1, -0.05) is 53.6 Å². The third-order valence-electron chi connectivity index (χ3n) is 21.2. The molecule has 8 N–H and O–H groups in total. The SMILES string of the molecule is CC1=C2C(O)C(=O)C3(C)C(O)CC4OCC4(O)C3C(C)C(O)(CC1OCC(=O)C(=O)C(C)(C)N=O)C2(C)C.CCC(=O)C(C)(N=O)C(=O)COC1CC2(O)C(C)C3C4(O)COC4CC(O)C3(C)C(=O)C(O)C(=C1C)C2(C)C.[Ac].[Ac].[Ac].[Ac]. The number of carbonyl (C=O) groups is 6. The Balaban J connectivity index is 0.000000405. The van der Waals surface area contributed by atoms with Crippen LogP contribution < -0.4 is 0 Å². The van der Waals surface area contributed by atoms with Gasteiger partial charge < -0.3 is 59.8 Å². The second-order valence-electron chi connectivity index (χ2n) is 25.8. The van der Waals surface area contributed by atoms with E-state index in [0.29, 0.717) is 11.1 Å². The number of nitroso groups, excluding NO2 is 2. The molecule has 4 bridgehead atoms. The molecule has 19 unspecified atom stereocenters. The molecule has 0 aromatic heterocycles. The molecular formula is C55H80Ac4N2O20. The number of nitrogens with zero attached hydrogens (tertiary/aromatic N) is 2. The first-order valence-electron chi connectivity index (χ1n) is 26.6. The topological polar surface area (TPSA) is 360 Å². The Labute approximate surface area is 615 Å². The number of Topliss-reactive ketones (excluding diaryl/α,β-unsaturated/α-hetero) is 6. The van der Waals surface area contributed by atoms with Gasteiger partial charge in [0.25, 0.3) is 0 Å². The van der Waals surface area contributed by atoms with Crippen LogP contribution in [0, 0.1) is 231 Å². The summed E-state index contributed by atoms with van der Waals surface area (Å²) < 4.78 is 22.8. The van der Waals surface area contributed by atoms with Gasteiger partial charge in [0.15, 0.2) is 28.7 Å². The second-order valence-corrected chi connectivity index (χ2v) is 25.8. The molecule has 81 heavy (non-hydrogen) atoms. The molecule has 0 aromatic rings. The molecule has 4 radical (unpaired) electrons. The van der Waals surface area contributed by atoms with Gasteiger partial charge >= 0.3 is 0 Å². The molecule has 2 heterocycles. The Hall–Kier alpha value is 1.99. The fourth-order valence-corrected chi connectivity index (χ4v) is 15.9. The molecule has 6 fully saturated rings. The Morgan fingerprint density at radius 3 is 1.28 bits per heavy atom. The van der Waals surface area contributed by atoms with E-state index in [1.807, 2.05) is 0 Å². The summed E-state index contributed by atoms with van der Waals surface area (Å²) in [7, 11) is 0. The first-order valence-corrected chi connectivity index (χ1v) is 26.6. The molecule has 442 valence electrons. The quantitative estimate of drug-likeness (QED) is 0.0562. The third-order valence-corrected chi connectivity index (χ3v) is 21.2. The monoisotopic (exact) mass is 2000 g/mol. The van der Waals surface area contributed by atoms with Crippen molar-refractivity contribution in [3.8, 4) is 0 Å². The van der Waals surface area contributed by atoms with Crippen LogP contribution in [0.4, 0.5) is 0 Å². The molecule has 2 saturated heterocycles. The maximum Gasteiger partial charge on any atom is 0.231 e. The van der Waals surface area contributed by atoms with Crippen molar-refractivity contribution in [3.63, 3.8) is 0 Å². The molecule has 0 aromatic carbocycles. The predicted octanol–water partition coefficient (Wildman–Crippen LogP) is 1.65. The van der Waals surface area contributed by atoms with Gasteiger partial charge in [0, 0.05) is 231 Å². The number of hydrogen-bond acceptors (Lipinski definition) is 22. The summed E-state index contributed by atoms with van der Waals surface area (Å²) in [6, 6.07) is 0. The van der Waals surface area contributed by atoms with E-state index in [2.05, 4.69) is 10.4 Å². The summed E-state index contributed by atoms with van der Waals surface area (Å²) in [5.74, 6) is -8.34. The zero-order valence-corrected chi connectivity index (χ0v) is 68.0. The van der Waals surface area contributed by atoms with Crippen LogP contribution in [-0.4, -0.2) is 184 Å². The van der Waals surface area contributed by atoms with Gasteiger partial charge in [-0.05, 0) is 87.8 Å². The summed E-state index contributed by atoms with van der Waals surface area (Å²) in [6.07, 6.45) is -9.44. The van der Waals surface area contributed by atoms with Crippen molar-refractivity contribution < 1.29 is 265 Å². The Morgan fingerprint density at radius 2 is 0.975 bits per heavy atom. The molecular weight excluding hydrogens is 1920 g/mol. The number of carbonyl (C=O) groups excluding carboxylic acids is 6. The summed E-state index contributed by atoms with van der Waals surface area (Å²) in [4.78, 5) is 101. The minimum atomic E-state index is -2.11. The largest absolute Gasteiger partial charge is 0.392 e. The van der Waals surface area contributed by atoms with Gasteiger partial charge in [0.05, 0.1) is 71.9 Å². The van der Waals surface area contributed by atoms with Crippen LogP contribution >= 0.6 is 0 Å². The van der Waals surface area contributed by atoms with E-state index in [1.165, 1.54) is 34.6 Å².